The number of hydrogen-bond donors (Lipinski definition) is 2. The van der Waals surface area contributed by atoms with Crippen LogP contribution in [0.2, 0.25) is 0 Å². The predicted octanol–water partition coefficient (Wildman–Crippen LogP) is 3.12. The Bertz CT molecular complexity index is 1200. The maximum Gasteiger partial charge on any atom is 0.433 e. The number of ether oxygens (including phenoxy) is 1. The fraction of sp³-hybridized carbons (Fsp3) is 0.200. The number of halogens is 3. The number of nitrogens with one attached hydrogen (secondary N) is 2. The molecule has 1 amide bonds. The number of fused-ring (bicyclic) bond motifs is 1. The molecule has 2 N–H and O–H groups in total. The number of carbonyl (C=O) groups excluding carboxylic acids is 1. The number of carbonyl (C=O) groups is 1. The van der Waals surface area contributed by atoms with Gasteiger partial charge in [-0.3, -0.25) is 4.79 Å². The Morgan fingerprint density at radius 1 is 1.23 bits per heavy atom. The molecular formula is C20H17F3N6O2. The number of alkyl halides is 3. The highest BCUT2D eigenvalue weighted by Crippen LogP contribution is 2.33. The van der Waals surface area contributed by atoms with Crippen LogP contribution in [-0.2, 0) is 12.6 Å². The summed E-state index contributed by atoms with van der Waals surface area (Å²) in [6.07, 6.45) is 0.0262. The van der Waals surface area contributed by atoms with Gasteiger partial charge in [0.05, 0.1) is 25.3 Å². The molecule has 31 heavy (non-hydrogen) atoms. The molecule has 0 bridgehead atoms. The first-order valence-electron chi connectivity index (χ1n) is 9.22. The molecule has 0 saturated heterocycles. The van der Waals surface area contributed by atoms with E-state index in [4.69, 9.17) is 4.74 Å². The summed E-state index contributed by atoms with van der Waals surface area (Å²) in [7, 11) is 1.49. The Morgan fingerprint density at radius 3 is 2.65 bits per heavy atom. The van der Waals surface area contributed by atoms with Crippen molar-refractivity contribution in [2.24, 2.45) is 0 Å². The average Bonchev–Trinajstić information content (AvgIpc) is 3.42. The monoisotopic (exact) mass is 430 g/mol. The lowest BCUT2D eigenvalue weighted by Crippen LogP contribution is -2.26. The molecule has 0 aliphatic carbocycles. The second-order valence-corrected chi connectivity index (χ2v) is 6.63. The van der Waals surface area contributed by atoms with Crippen molar-refractivity contribution in [1.29, 1.82) is 0 Å². The van der Waals surface area contributed by atoms with Crippen molar-refractivity contribution in [2.75, 3.05) is 13.7 Å². The summed E-state index contributed by atoms with van der Waals surface area (Å²) in [5.74, 6) is -0.00965. The zero-order valence-corrected chi connectivity index (χ0v) is 16.3. The largest absolute Gasteiger partial charge is 0.497 e. The summed E-state index contributed by atoms with van der Waals surface area (Å²) in [6, 6.07) is 7.33. The number of amides is 1. The molecule has 4 aromatic rings. The van der Waals surface area contributed by atoms with Crippen molar-refractivity contribution in [1.82, 2.24) is 29.9 Å². The zero-order chi connectivity index (χ0) is 22.0. The number of aromatic nitrogens is 5. The second-order valence-electron chi connectivity index (χ2n) is 6.63. The summed E-state index contributed by atoms with van der Waals surface area (Å²) in [5, 5.41) is 6.43. The molecule has 0 spiro atoms. The smallest absolute Gasteiger partial charge is 0.433 e. The van der Waals surface area contributed by atoms with Gasteiger partial charge < -0.3 is 15.0 Å². The van der Waals surface area contributed by atoms with Crippen molar-refractivity contribution in [3.63, 3.8) is 0 Å². The van der Waals surface area contributed by atoms with E-state index in [1.807, 2.05) is 0 Å². The van der Waals surface area contributed by atoms with Crippen LogP contribution in [0.15, 0.2) is 49.1 Å². The maximum absolute atomic E-state index is 13.7. The van der Waals surface area contributed by atoms with E-state index in [2.05, 4.69) is 25.4 Å². The Morgan fingerprint density at radius 2 is 2.00 bits per heavy atom. The number of nitrogens with zero attached hydrogens (tertiary/aromatic N) is 4. The molecule has 3 aromatic heterocycles. The van der Waals surface area contributed by atoms with Gasteiger partial charge in [-0.25, -0.2) is 14.5 Å². The van der Waals surface area contributed by atoms with E-state index in [1.54, 1.807) is 30.5 Å². The predicted molar refractivity (Wildman–Crippen MR) is 105 cm³/mol. The number of methoxy groups -OCH3 is 1. The summed E-state index contributed by atoms with van der Waals surface area (Å²) >= 11 is 0. The van der Waals surface area contributed by atoms with Crippen LogP contribution >= 0.6 is 0 Å². The second kappa shape index (κ2) is 8.09. The van der Waals surface area contributed by atoms with Crippen molar-refractivity contribution in [3.8, 4) is 17.0 Å². The van der Waals surface area contributed by atoms with Crippen LogP contribution in [0.3, 0.4) is 0 Å². The molecule has 0 atom stereocenters. The fourth-order valence-corrected chi connectivity index (χ4v) is 3.06. The van der Waals surface area contributed by atoms with E-state index in [-0.39, 0.29) is 23.4 Å². The van der Waals surface area contributed by atoms with Crippen LogP contribution in [0.5, 0.6) is 5.75 Å². The van der Waals surface area contributed by atoms with Crippen molar-refractivity contribution in [2.45, 2.75) is 12.6 Å². The SMILES string of the molecule is COc1ccc(-c2cc(C(F)(F)F)n3ncc(C(=O)NCCc4cnc[nH]4)c3n2)cc1. The molecule has 0 aliphatic rings. The molecule has 1 aromatic carbocycles. The number of H-pyrrole nitrogens is 1. The van der Waals surface area contributed by atoms with Gasteiger partial charge >= 0.3 is 6.18 Å². The molecule has 3 heterocycles. The zero-order valence-electron chi connectivity index (χ0n) is 16.3. The highest BCUT2D eigenvalue weighted by molar-refractivity contribution is 5.99. The summed E-state index contributed by atoms with van der Waals surface area (Å²) in [6.45, 7) is 0.267. The third-order valence-corrected chi connectivity index (χ3v) is 4.63. The van der Waals surface area contributed by atoms with Crippen molar-refractivity contribution in [3.05, 3.63) is 66.0 Å². The van der Waals surface area contributed by atoms with Gasteiger partial charge in [0.1, 0.15) is 11.3 Å². The van der Waals surface area contributed by atoms with Crippen molar-refractivity contribution >= 4 is 11.6 Å². The molecule has 0 saturated carbocycles. The molecular weight excluding hydrogens is 413 g/mol. The fourth-order valence-electron chi connectivity index (χ4n) is 3.06. The van der Waals surface area contributed by atoms with Crippen LogP contribution in [0.25, 0.3) is 16.9 Å². The van der Waals surface area contributed by atoms with Gasteiger partial charge in [-0.2, -0.15) is 18.3 Å². The van der Waals surface area contributed by atoms with Crippen LogP contribution in [0, 0.1) is 0 Å². The Hall–Kier alpha value is -3.89. The molecule has 8 nitrogen and oxygen atoms in total. The number of aromatic amines is 1. The highest BCUT2D eigenvalue weighted by atomic mass is 19.4. The number of rotatable bonds is 6. The Kier molecular flexibility index (Phi) is 5.32. The van der Waals surface area contributed by atoms with Gasteiger partial charge in [0.15, 0.2) is 11.3 Å². The summed E-state index contributed by atoms with van der Waals surface area (Å²) in [4.78, 5) is 23.7. The maximum atomic E-state index is 13.7. The lowest BCUT2D eigenvalue weighted by Gasteiger charge is -2.12. The number of imidazole rings is 1. The molecule has 160 valence electrons. The Balaban J connectivity index is 1.70. The van der Waals surface area contributed by atoms with E-state index in [0.717, 1.165) is 18.0 Å². The third kappa shape index (κ3) is 4.20. The van der Waals surface area contributed by atoms with Crippen LogP contribution < -0.4 is 10.1 Å². The van der Waals surface area contributed by atoms with E-state index in [9.17, 15) is 18.0 Å². The molecule has 4 rings (SSSR count). The van der Waals surface area contributed by atoms with Gasteiger partial charge in [-0.1, -0.05) is 0 Å². The average molecular weight is 430 g/mol. The lowest BCUT2D eigenvalue weighted by molar-refractivity contribution is -0.142. The normalized spacial score (nSPS) is 11.6. The van der Waals surface area contributed by atoms with Crippen LogP contribution in [0.4, 0.5) is 13.2 Å². The molecule has 0 fully saturated rings. The molecule has 11 heteroatoms. The summed E-state index contributed by atoms with van der Waals surface area (Å²) in [5.41, 5.74) is 0.0690. The topological polar surface area (TPSA) is 97.2 Å². The first-order chi connectivity index (χ1) is 14.9. The van der Waals surface area contributed by atoms with Gasteiger partial charge in [-0.15, -0.1) is 0 Å². The minimum Gasteiger partial charge on any atom is -0.497 e. The first kappa shape index (κ1) is 20.4. The minimum absolute atomic E-state index is 0.0505. The van der Waals surface area contributed by atoms with E-state index in [1.165, 1.54) is 13.4 Å². The third-order valence-electron chi connectivity index (χ3n) is 4.63. The van der Waals surface area contributed by atoms with E-state index in [0.29, 0.717) is 22.2 Å². The summed E-state index contributed by atoms with van der Waals surface area (Å²) < 4.78 is 46.8. The highest BCUT2D eigenvalue weighted by Gasteiger charge is 2.36. The van der Waals surface area contributed by atoms with Gasteiger partial charge in [-0.05, 0) is 30.3 Å². The van der Waals surface area contributed by atoms with Gasteiger partial charge in [0.2, 0.25) is 0 Å². The minimum atomic E-state index is -4.69. The standard InChI is InChI=1S/C20H17F3N6O2/c1-31-14-4-2-12(3-5-14)16-8-17(20(21,22)23)29-18(28-16)15(10-27-29)19(30)25-7-6-13-9-24-11-26-13/h2-5,8-11H,6-7H2,1H3,(H,24,26)(H,25,30). The van der Waals surface area contributed by atoms with E-state index < -0.39 is 17.8 Å². The van der Waals surface area contributed by atoms with Crippen LogP contribution in [0.1, 0.15) is 21.7 Å². The van der Waals surface area contributed by atoms with Crippen LogP contribution in [-0.4, -0.2) is 44.1 Å². The molecule has 0 unspecified atom stereocenters. The first-order valence-corrected chi connectivity index (χ1v) is 9.22. The molecule has 0 aliphatic heterocycles. The molecule has 0 radical (unpaired) electrons. The van der Waals surface area contributed by atoms with Crippen molar-refractivity contribution < 1.29 is 22.7 Å². The lowest BCUT2D eigenvalue weighted by atomic mass is 10.1. The van der Waals surface area contributed by atoms with E-state index >= 15 is 0 Å². The number of benzene rings is 1. The van der Waals surface area contributed by atoms with Gasteiger partial charge in [0.25, 0.3) is 5.91 Å². The quantitative estimate of drug-likeness (QED) is 0.490. The Labute approximate surface area is 174 Å². The number of hydrogen-bond acceptors (Lipinski definition) is 5. The van der Waals surface area contributed by atoms with Gasteiger partial charge in [0, 0.05) is 30.4 Å².